The Morgan fingerprint density at radius 2 is 2.00 bits per heavy atom. The quantitative estimate of drug-likeness (QED) is 0.573. The zero-order valence-corrected chi connectivity index (χ0v) is 13.1. The highest BCUT2D eigenvalue weighted by molar-refractivity contribution is 5.21. The van der Waals surface area contributed by atoms with Gasteiger partial charge in [-0.15, -0.1) is 0 Å². The summed E-state index contributed by atoms with van der Waals surface area (Å²) >= 11 is 0. The summed E-state index contributed by atoms with van der Waals surface area (Å²) in [5.74, 6) is 1.82. The number of fused-ring (bicyclic) bond motifs is 1. The van der Waals surface area contributed by atoms with Gasteiger partial charge in [0.1, 0.15) is 0 Å². The van der Waals surface area contributed by atoms with E-state index in [0.717, 1.165) is 17.3 Å². The highest BCUT2D eigenvalue weighted by Crippen LogP contribution is 2.63. The van der Waals surface area contributed by atoms with Crippen LogP contribution in [0.4, 0.5) is 0 Å². The minimum Gasteiger partial charge on any atom is -0.0819 e. The molecule has 0 N–H and O–H groups in total. The molecule has 20 heavy (non-hydrogen) atoms. The molecule has 0 amide bonds. The fraction of sp³-hybridized carbons (Fsp3) is 0.600. The largest absolute Gasteiger partial charge is 0.0819 e. The van der Waals surface area contributed by atoms with Gasteiger partial charge in [-0.05, 0) is 68.3 Å². The number of hydrogen-bond donors (Lipinski definition) is 0. The summed E-state index contributed by atoms with van der Waals surface area (Å²) in [7, 11) is 0. The van der Waals surface area contributed by atoms with Crippen LogP contribution >= 0.6 is 0 Å². The smallest absolute Gasteiger partial charge is 0.0168 e. The molecule has 2 aliphatic rings. The SMILES string of the molecule is CC1=CC2CC2(CCC(C)CCc2ccccc2)CC1. The van der Waals surface area contributed by atoms with E-state index in [4.69, 9.17) is 0 Å². The van der Waals surface area contributed by atoms with Crippen molar-refractivity contribution in [2.75, 3.05) is 0 Å². The maximum Gasteiger partial charge on any atom is -0.0168 e. The first-order chi connectivity index (χ1) is 9.68. The van der Waals surface area contributed by atoms with Crippen LogP contribution in [-0.4, -0.2) is 0 Å². The van der Waals surface area contributed by atoms with Crippen molar-refractivity contribution in [2.24, 2.45) is 17.3 Å². The minimum absolute atomic E-state index is 0.737. The highest BCUT2D eigenvalue weighted by Gasteiger charge is 2.52. The van der Waals surface area contributed by atoms with Crippen LogP contribution in [0.5, 0.6) is 0 Å². The first-order valence-electron chi connectivity index (χ1n) is 8.39. The average molecular weight is 268 g/mol. The minimum atomic E-state index is 0.737. The molecule has 0 spiro atoms. The van der Waals surface area contributed by atoms with Crippen molar-refractivity contribution >= 4 is 0 Å². The van der Waals surface area contributed by atoms with Crippen LogP contribution in [-0.2, 0) is 6.42 Å². The molecule has 2 aliphatic carbocycles. The lowest BCUT2D eigenvalue weighted by Crippen LogP contribution is -2.10. The Hall–Kier alpha value is -1.04. The van der Waals surface area contributed by atoms with Crippen molar-refractivity contribution in [2.45, 2.75) is 58.8 Å². The number of rotatable bonds is 6. The van der Waals surface area contributed by atoms with Crippen molar-refractivity contribution in [3.63, 3.8) is 0 Å². The molecular weight excluding hydrogens is 240 g/mol. The van der Waals surface area contributed by atoms with Gasteiger partial charge in [0.05, 0.1) is 0 Å². The molecule has 3 unspecified atom stereocenters. The molecule has 108 valence electrons. The van der Waals surface area contributed by atoms with Gasteiger partial charge in [-0.2, -0.15) is 0 Å². The second-order valence-corrected chi connectivity index (χ2v) is 7.35. The summed E-state index contributed by atoms with van der Waals surface area (Å²) in [5.41, 5.74) is 3.87. The number of allylic oxidation sites excluding steroid dienone is 2. The van der Waals surface area contributed by atoms with Crippen LogP contribution in [0.15, 0.2) is 42.0 Å². The van der Waals surface area contributed by atoms with E-state index in [-0.39, 0.29) is 0 Å². The van der Waals surface area contributed by atoms with Crippen LogP contribution in [0, 0.1) is 17.3 Å². The molecule has 1 aromatic rings. The molecule has 0 nitrogen and oxygen atoms in total. The Bertz CT molecular complexity index is 470. The molecule has 0 bridgehead atoms. The van der Waals surface area contributed by atoms with Crippen molar-refractivity contribution in [1.29, 1.82) is 0 Å². The number of aryl methyl sites for hydroxylation is 1. The molecule has 1 saturated carbocycles. The lowest BCUT2D eigenvalue weighted by Gasteiger charge is -2.22. The van der Waals surface area contributed by atoms with Gasteiger partial charge in [0.25, 0.3) is 0 Å². The predicted molar refractivity (Wildman–Crippen MR) is 86.7 cm³/mol. The van der Waals surface area contributed by atoms with Gasteiger partial charge in [0.15, 0.2) is 0 Å². The molecule has 1 fully saturated rings. The lowest BCUT2D eigenvalue weighted by molar-refractivity contribution is 0.338. The third-order valence-electron chi connectivity index (χ3n) is 5.66. The van der Waals surface area contributed by atoms with E-state index in [9.17, 15) is 0 Å². The molecule has 3 atom stereocenters. The van der Waals surface area contributed by atoms with Gasteiger partial charge in [-0.25, -0.2) is 0 Å². The summed E-state index contributed by atoms with van der Waals surface area (Å²) in [6.45, 7) is 4.76. The summed E-state index contributed by atoms with van der Waals surface area (Å²) in [6, 6.07) is 10.9. The Balaban J connectivity index is 1.41. The van der Waals surface area contributed by atoms with Gasteiger partial charge in [0.2, 0.25) is 0 Å². The van der Waals surface area contributed by atoms with Crippen LogP contribution in [0.25, 0.3) is 0 Å². The van der Waals surface area contributed by atoms with Gasteiger partial charge >= 0.3 is 0 Å². The van der Waals surface area contributed by atoms with Gasteiger partial charge < -0.3 is 0 Å². The monoisotopic (exact) mass is 268 g/mol. The molecule has 3 rings (SSSR count). The number of hydrogen-bond acceptors (Lipinski definition) is 0. The Kier molecular flexibility index (Phi) is 4.01. The van der Waals surface area contributed by atoms with Crippen molar-refractivity contribution < 1.29 is 0 Å². The van der Waals surface area contributed by atoms with Gasteiger partial charge in [-0.1, -0.05) is 55.3 Å². The molecule has 0 saturated heterocycles. The molecular formula is C20H28. The van der Waals surface area contributed by atoms with Crippen LogP contribution in [0.2, 0.25) is 0 Å². The summed E-state index contributed by atoms with van der Waals surface area (Å²) in [5, 5.41) is 0. The molecule has 0 radical (unpaired) electrons. The first-order valence-corrected chi connectivity index (χ1v) is 8.39. The Morgan fingerprint density at radius 1 is 1.20 bits per heavy atom. The highest BCUT2D eigenvalue weighted by atomic mass is 14.6. The normalized spacial score (nSPS) is 29.5. The van der Waals surface area contributed by atoms with E-state index in [1.165, 1.54) is 50.5 Å². The van der Waals surface area contributed by atoms with Crippen molar-refractivity contribution in [3.05, 3.63) is 47.5 Å². The van der Waals surface area contributed by atoms with E-state index in [1.54, 1.807) is 5.57 Å². The summed E-state index contributed by atoms with van der Waals surface area (Å²) < 4.78 is 0. The van der Waals surface area contributed by atoms with Gasteiger partial charge in [0, 0.05) is 0 Å². The molecule has 0 heterocycles. The van der Waals surface area contributed by atoms with Crippen LogP contribution in [0.3, 0.4) is 0 Å². The second kappa shape index (κ2) is 5.76. The fourth-order valence-electron chi connectivity index (χ4n) is 3.92. The molecule has 0 heteroatoms. The maximum absolute atomic E-state index is 2.57. The Morgan fingerprint density at radius 3 is 2.75 bits per heavy atom. The third kappa shape index (κ3) is 3.16. The molecule has 0 aromatic heterocycles. The zero-order chi connectivity index (χ0) is 14.0. The lowest BCUT2D eigenvalue weighted by atomic mass is 9.83. The van der Waals surface area contributed by atoms with Crippen LogP contribution < -0.4 is 0 Å². The van der Waals surface area contributed by atoms with E-state index in [0.29, 0.717) is 0 Å². The van der Waals surface area contributed by atoms with Crippen molar-refractivity contribution in [3.8, 4) is 0 Å². The summed E-state index contributed by atoms with van der Waals surface area (Å²) in [4.78, 5) is 0. The van der Waals surface area contributed by atoms with E-state index in [2.05, 4.69) is 50.3 Å². The van der Waals surface area contributed by atoms with E-state index < -0.39 is 0 Å². The predicted octanol–water partition coefficient (Wildman–Crippen LogP) is 5.78. The third-order valence-corrected chi connectivity index (χ3v) is 5.66. The standard InChI is InChI=1S/C20H28/c1-16(8-9-18-6-4-3-5-7-18)10-12-20-13-11-17(2)14-19(20)15-20/h3-7,14,16,19H,8-13,15H2,1-2H3. The topological polar surface area (TPSA) is 0 Å². The molecule has 1 aromatic carbocycles. The van der Waals surface area contributed by atoms with Crippen molar-refractivity contribution in [1.82, 2.24) is 0 Å². The maximum atomic E-state index is 2.57. The van der Waals surface area contributed by atoms with E-state index in [1.807, 2.05) is 0 Å². The summed E-state index contributed by atoms with van der Waals surface area (Å²) in [6.07, 6.45) is 12.4. The van der Waals surface area contributed by atoms with Crippen LogP contribution in [0.1, 0.15) is 57.9 Å². The average Bonchev–Trinajstić information content (AvgIpc) is 3.18. The second-order valence-electron chi connectivity index (χ2n) is 7.35. The fourth-order valence-corrected chi connectivity index (χ4v) is 3.92. The van der Waals surface area contributed by atoms with E-state index >= 15 is 0 Å². The zero-order valence-electron chi connectivity index (χ0n) is 13.1. The number of benzene rings is 1. The molecule has 0 aliphatic heterocycles. The van der Waals surface area contributed by atoms with Gasteiger partial charge in [-0.3, -0.25) is 0 Å². The first kappa shape index (κ1) is 13.9. The Labute approximate surface area is 124 Å².